The average Bonchev–Trinajstić information content (AvgIpc) is 3.18. The Labute approximate surface area is 178 Å². The van der Waals surface area contributed by atoms with Crippen molar-refractivity contribution in [2.24, 2.45) is 0 Å². The smallest absolute Gasteiger partial charge is 0.408 e. The van der Waals surface area contributed by atoms with Gasteiger partial charge in [0.05, 0.1) is 13.2 Å². The highest BCUT2D eigenvalue weighted by molar-refractivity contribution is 5.86. The molecule has 1 aliphatic carbocycles. The third-order valence-electron chi connectivity index (χ3n) is 5.95. The molecule has 1 saturated carbocycles. The number of amides is 1. The Kier molecular flexibility index (Phi) is 14.7. The normalized spacial score (nSPS) is 15.2. The Balaban J connectivity index is 2.00. The van der Waals surface area contributed by atoms with Crippen molar-refractivity contribution < 1.29 is 19.1 Å². The van der Waals surface area contributed by atoms with Gasteiger partial charge in [-0.3, -0.25) is 0 Å². The first-order valence-corrected chi connectivity index (χ1v) is 12.3. The first-order chi connectivity index (χ1) is 14.1. The first kappa shape index (κ1) is 25.8. The summed E-state index contributed by atoms with van der Waals surface area (Å²) in [6.45, 7) is 4.77. The highest BCUT2D eigenvalue weighted by atomic mass is 16.6. The van der Waals surface area contributed by atoms with Crippen molar-refractivity contribution in [3.05, 3.63) is 0 Å². The van der Waals surface area contributed by atoms with Crippen molar-refractivity contribution >= 4 is 12.1 Å². The average molecular weight is 412 g/mol. The van der Waals surface area contributed by atoms with Crippen LogP contribution >= 0.6 is 0 Å². The lowest BCUT2D eigenvalue weighted by molar-refractivity contribution is -0.151. The van der Waals surface area contributed by atoms with Gasteiger partial charge in [-0.15, -0.1) is 0 Å². The second-order valence-electron chi connectivity index (χ2n) is 8.51. The van der Waals surface area contributed by atoms with E-state index in [1.807, 2.05) is 0 Å². The SMILES string of the molecule is CCCCCCCCCCCCCCCOC(=O)C1(NC(=O)OCC)CCCC1. The lowest BCUT2D eigenvalue weighted by Crippen LogP contribution is -2.53. The van der Waals surface area contributed by atoms with E-state index in [-0.39, 0.29) is 5.97 Å². The first-order valence-electron chi connectivity index (χ1n) is 12.3. The number of esters is 1. The van der Waals surface area contributed by atoms with Gasteiger partial charge in [0.1, 0.15) is 5.54 Å². The van der Waals surface area contributed by atoms with Crippen LogP contribution in [0.3, 0.4) is 0 Å². The minimum Gasteiger partial charge on any atom is -0.464 e. The van der Waals surface area contributed by atoms with Crippen LogP contribution in [0.25, 0.3) is 0 Å². The molecule has 0 atom stereocenters. The molecule has 0 spiro atoms. The molecule has 0 radical (unpaired) electrons. The summed E-state index contributed by atoms with van der Waals surface area (Å²) < 4.78 is 10.4. The Morgan fingerprint density at radius 2 is 1.21 bits per heavy atom. The lowest BCUT2D eigenvalue weighted by atomic mass is 9.98. The van der Waals surface area contributed by atoms with E-state index in [1.165, 1.54) is 70.6 Å². The Hall–Kier alpha value is -1.26. The molecule has 1 aliphatic rings. The van der Waals surface area contributed by atoms with Crippen molar-refractivity contribution in [1.82, 2.24) is 5.32 Å². The Bertz CT molecular complexity index is 433. The number of carbonyl (C=O) groups is 2. The number of unbranched alkanes of at least 4 members (excludes halogenated alkanes) is 12. The van der Waals surface area contributed by atoms with Crippen LogP contribution in [-0.2, 0) is 14.3 Å². The molecule has 0 aromatic carbocycles. The Morgan fingerprint density at radius 3 is 1.69 bits per heavy atom. The van der Waals surface area contributed by atoms with E-state index in [1.54, 1.807) is 6.92 Å². The van der Waals surface area contributed by atoms with Crippen molar-refractivity contribution in [3.63, 3.8) is 0 Å². The molecule has 0 aliphatic heterocycles. The fourth-order valence-corrected chi connectivity index (χ4v) is 4.14. The topological polar surface area (TPSA) is 64.6 Å². The highest BCUT2D eigenvalue weighted by Gasteiger charge is 2.44. The predicted molar refractivity (Wildman–Crippen MR) is 118 cm³/mol. The van der Waals surface area contributed by atoms with Gasteiger partial charge in [0.2, 0.25) is 0 Å². The maximum Gasteiger partial charge on any atom is 0.408 e. The Morgan fingerprint density at radius 1 is 0.724 bits per heavy atom. The second kappa shape index (κ2) is 16.5. The van der Waals surface area contributed by atoms with Crippen LogP contribution in [0.4, 0.5) is 4.79 Å². The summed E-state index contributed by atoms with van der Waals surface area (Å²) in [5.74, 6) is -0.290. The van der Waals surface area contributed by atoms with Gasteiger partial charge in [-0.1, -0.05) is 96.8 Å². The van der Waals surface area contributed by atoms with Gasteiger partial charge in [-0.25, -0.2) is 9.59 Å². The van der Waals surface area contributed by atoms with Crippen LogP contribution in [-0.4, -0.2) is 30.8 Å². The molecular formula is C24H45NO4. The summed E-state index contributed by atoms with van der Waals surface area (Å²) in [5, 5.41) is 2.76. The molecule has 1 rings (SSSR count). The van der Waals surface area contributed by atoms with E-state index < -0.39 is 11.6 Å². The van der Waals surface area contributed by atoms with Crippen LogP contribution in [0.2, 0.25) is 0 Å². The summed E-state index contributed by atoms with van der Waals surface area (Å²) in [7, 11) is 0. The van der Waals surface area contributed by atoms with Crippen LogP contribution < -0.4 is 5.32 Å². The number of ether oxygens (including phenoxy) is 2. The highest BCUT2D eigenvalue weighted by Crippen LogP contribution is 2.31. The van der Waals surface area contributed by atoms with Gasteiger partial charge in [0.25, 0.3) is 0 Å². The van der Waals surface area contributed by atoms with Crippen molar-refractivity contribution in [1.29, 1.82) is 0 Å². The van der Waals surface area contributed by atoms with Gasteiger partial charge in [-0.2, -0.15) is 0 Å². The minimum atomic E-state index is -0.872. The van der Waals surface area contributed by atoms with Gasteiger partial charge >= 0.3 is 12.1 Å². The van der Waals surface area contributed by atoms with Crippen LogP contribution in [0, 0.1) is 0 Å². The molecule has 0 aromatic heterocycles. The number of hydrogen-bond acceptors (Lipinski definition) is 4. The van der Waals surface area contributed by atoms with Crippen molar-refractivity contribution in [3.8, 4) is 0 Å². The zero-order chi connectivity index (χ0) is 21.2. The fraction of sp³-hybridized carbons (Fsp3) is 0.917. The molecule has 0 aromatic rings. The van der Waals surface area contributed by atoms with Crippen LogP contribution in [0.5, 0.6) is 0 Å². The largest absolute Gasteiger partial charge is 0.464 e. The zero-order valence-electron chi connectivity index (χ0n) is 19.1. The number of carbonyl (C=O) groups excluding carboxylic acids is 2. The summed E-state index contributed by atoms with van der Waals surface area (Å²) >= 11 is 0. The molecule has 1 fully saturated rings. The third-order valence-corrected chi connectivity index (χ3v) is 5.95. The third kappa shape index (κ3) is 11.5. The van der Waals surface area contributed by atoms with Gasteiger partial charge < -0.3 is 14.8 Å². The molecule has 170 valence electrons. The number of rotatable bonds is 17. The van der Waals surface area contributed by atoms with Crippen LogP contribution in [0.1, 0.15) is 123 Å². The summed E-state index contributed by atoms with van der Waals surface area (Å²) in [6, 6.07) is 0. The number of hydrogen-bond donors (Lipinski definition) is 1. The van der Waals surface area contributed by atoms with E-state index in [2.05, 4.69) is 12.2 Å². The number of alkyl carbamates (subject to hydrolysis) is 1. The molecule has 1 N–H and O–H groups in total. The standard InChI is InChI=1S/C24H45NO4/c1-3-5-6-7-8-9-10-11-12-13-14-15-18-21-29-22(26)24(19-16-17-20-24)25-23(27)28-4-2/h3-21H2,1-2H3,(H,25,27). The summed E-state index contributed by atoms with van der Waals surface area (Å²) in [5.41, 5.74) is -0.872. The second-order valence-corrected chi connectivity index (χ2v) is 8.51. The van der Waals surface area contributed by atoms with Crippen LogP contribution in [0.15, 0.2) is 0 Å². The quantitative estimate of drug-likeness (QED) is 0.214. The lowest BCUT2D eigenvalue weighted by Gasteiger charge is -2.27. The van der Waals surface area contributed by atoms with E-state index in [0.717, 1.165) is 25.7 Å². The van der Waals surface area contributed by atoms with Crippen molar-refractivity contribution in [2.75, 3.05) is 13.2 Å². The zero-order valence-corrected chi connectivity index (χ0v) is 19.1. The molecule has 29 heavy (non-hydrogen) atoms. The molecule has 0 unspecified atom stereocenters. The minimum absolute atomic E-state index is 0.290. The van der Waals surface area contributed by atoms with Gasteiger partial charge in [0.15, 0.2) is 0 Å². The molecule has 0 saturated heterocycles. The van der Waals surface area contributed by atoms with Gasteiger partial charge in [-0.05, 0) is 26.2 Å². The molecule has 5 heteroatoms. The maximum absolute atomic E-state index is 12.5. The van der Waals surface area contributed by atoms with E-state index >= 15 is 0 Å². The van der Waals surface area contributed by atoms with E-state index in [9.17, 15) is 9.59 Å². The molecule has 1 amide bonds. The summed E-state index contributed by atoms with van der Waals surface area (Å²) in [6.07, 6.45) is 19.5. The van der Waals surface area contributed by atoms with Gasteiger partial charge in [0, 0.05) is 0 Å². The molecular weight excluding hydrogens is 366 g/mol. The van der Waals surface area contributed by atoms with E-state index in [4.69, 9.17) is 9.47 Å². The molecule has 0 bridgehead atoms. The van der Waals surface area contributed by atoms with Crippen molar-refractivity contribution in [2.45, 2.75) is 129 Å². The molecule has 5 nitrogen and oxygen atoms in total. The maximum atomic E-state index is 12.5. The summed E-state index contributed by atoms with van der Waals surface area (Å²) in [4.78, 5) is 24.3. The fourth-order valence-electron chi connectivity index (χ4n) is 4.14. The predicted octanol–water partition coefficient (Wildman–Crippen LogP) is 6.68. The monoisotopic (exact) mass is 411 g/mol. The van der Waals surface area contributed by atoms with E-state index in [0.29, 0.717) is 26.1 Å². The number of nitrogens with one attached hydrogen (secondary N) is 1. The molecule has 0 heterocycles.